The van der Waals surface area contributed by atoms with Crippen LogP contribution in [0.1, 0.15) is 17.5 Å². The highest BCUT2D eigenvalue weighted by Crippen LogP contribution is 2.37. The molecule has 1 aromatic heterocycles. The van der Waals surface area contributed by atoms with Crippen molar-refractivity contribution in [3.8, 4) is 11.5 Å². The molecule has 2 aromatic carbocycles. The average molecular weight is 418 g/mol. The molecule has 2 amide bonds. The van der Waals surface area contributed by atoms with Crippen LogP contribution in [0.15, 0.2) is 36.5 Å². The molecule has 3 aromatic rings. The van der Waals surface area contributed by atoms with Gasteiger partial charge in [0.05, 0.1) is 18.2 Å². The number of hydrogen-bond acceptors (Lipinski definition) is 3. The van der Waals surface area contributed by atoms with Crippen LogP contribution in [0.2, 0.25) is 5.02 Å². The quantitative estimate of drug-likeness (QED) is 0.583. The second kappa shape index (κ2) is 8.61. The van der Waals surface area contributed by atoms with Crippen molar-refractivity contribution in [2.24, 2.45) is 0 Å². The Labute approximate surface area is 172 Å². The van der Waals surface area contributed by atoms with E-state index in [1.165, 1.54) is 12.1 Å². The van der Waals surface area contributed by atoms with Crippen molar-refractivity contribution in [2.45, 2.75) is 19.4 Å². The number of benzene rings is 2. The van der Waals surface area contributed by atoms with Crippen molar-refractivity contribution in [2.75, 3.05) is 19.8 Å². The molecular weight excluding hydrogens is 397 g/mol. The summed E-state index contributed by atoms with van der Waals surface area (Å²) in [6, 6.07) is 7.91. The third-order valence-corrected chi connectivity index (χ3v) is 5.01. The van der Waals surface area contributed by atoms with E-state index >= 15 is 0 Å². The summed E-state index contributed by atoms with van der Waals surface area (Å²) < 4.78 is 24.7. The number of carbonyl (C=O) groups is 1. The van der Waals surface area contributed by atoms with Gasteiger partial charge in [-0.25, -0.2) is 9.18 Å². The molecule has 0 radical (unpaired) electrons. The minimum Gasteiger partial charge on any atom is -0.489 e. The van der Waals surface area contributed by atoms with E-state index < -0.39 is 0 Å². The fourth-order valence-corrected chi connectivity index (χ4v) is 3.59. The molecule has 29 heavy (non-hydrogen) atoms. The minimum absolute atomic E-state index is 0.280. The van der Waals surface area contributed by atoms with Gasteiger partial charge in [0.15, 0.2) is 11.5 Å². The van der Waals surface area contributed by atoms with Crippen LogP contribution in [0.3, 0.4) is 0 Å². The molecule has 4 rings (SSSR count). The number of aromatic nitrogens is 1. The monoisotopic (exact) mass is 417 g/mol. The molecule has 0 unspecified atom stereocenters. The van der Waals surface area contributed by atoms with Gasteiger partial charge in [0.1, 0.15) is 5.82 Å². The van der Waals surface area contributed by atoms with Crippen molar-refractivity contribution >= 4 is 28.5 Å². The molecule has 0 fully saturated rings. The number of rotatable bonds is 5. The number of aromatic amines is 1. The molecule has 0 saturated heterocycles. The molecule has 0 saturated carbocycles. The molecule has 0 spiro atoms. The molecule has 8 heteroatoms. The van der Waals surface area contributed by atoms with Crippen LogP contribution in [-0.4, -0.2) is 30.8 Å². The zero-order chi connectivity index (χ0) is 20.2. The van der Waals surface area contributed by atoms with Crippen LogP contribution < -0.4 is 20.1 Å². The lowest BCUT2D eigenvalue weighted by Crippen LogP contribution is -2.36. The number of H-pyrrole nitrogens is 1. The van der Waals surface area contributed by atoms with Gasteiger partial charge in [-0.3, -0.25) is 0 Å². The highest BCUT2D eigenvalue weighted by molar-refractivity contribution is 6.32. The zero-order valence-corrected chi connectivity index (χ0v) is 16.4. The van der Waals surface area contributed by atoms with Crippen LogP contribution in [0.4, 0.5) is 9.18 Å². The maximum Gasteiger partial charge on any atom is 0.315 e. The Morgan fingerprint density at radius 1 is 1.17 bits per heavy atom. The summed E-state index contributed by atoms with van der Waals surface area (Å²) in [5.74, 6) is 0.865. The summed E-state index contributed by atoms with van der Waals surface area (Å²) in [6.45, 7) is 1.87. The molecule has 2 heterocycles. The first-order valence-electron chi connectivity index (χ1n) is 9.45. The topological polar surface area (TPSA) is 75.4 Å². The number of hydrogen-bond donors (Lipinski definition) is 3. The van der Waals surface area contributed by atoms with E-state index in [2.05, 4.69) is 15.6 Å². The van der Waals surface area contributed by atoms with Crippen LogP contribution in [0, 0.1) is 5.82 Å². The molecule has 0 atom stereocenters. The van der Waals surface area contributed by atoms with Gasteiger partial charge in [-0.15, -0.1) is 0 Å². The van der Waals surface area contributed by atoms with E-state index in [9.17, 15) is 9.18 Å². The molecule has 3 N–H and O–H groups in total. The van der Waals surface area contributed by atoms with Gasteiger partial charge in [0.2, 0.25) is 0 Å². The summed E-state index contributed by atoms with van der Waals surface area (Å²) >= 11 is 6.27. The maximum absolute atomic E-state index is 13.4. The Hall–Kier alpha value is -2.93. The molecule has 0 aliphatic carbocycles. The molecule has 0 bridgehead atoms. The summed E-state index contributed by atoms with van der Waals surface area (Å²) in [6.07, 6.45) is 3.22. The van der Waals surface area contributed by atoms with Gasteiger partial charge in [0, 0.05) is 36.6 Å². The standard InChI is InChI=1S/C21H21ClFN3O3/c22-17-8-13(9-19-20(17)29-7-1-6-28-19)11-26-21(27)24-5-4-14-12-25-18-3-2-15(23)10-16(14)18/h2-3,8-10,12,25H,1,4-7,11H2,(H2,24,26,27). The number of nitrogens with one attached hydrogen (secondary N) is 3. The van der Waals surface area contributed by atoms with Crippen LogP contribution in [-0.2, 0) is 13.0 Å². The van der Waals surface area contributed by atoms with Gasteiger partial charge >= 0.3 is 6.03 Å². The SMILES string of the molecule is O=C(NCCc1c[nH]c2ccc(F)cc12)NCc1cc(Cl)c2c(c1)OCCCO2. The predicted molar refractivity (Wildman–Crippen MR) is 109 cm³/mol. The fraction of sp³-hybridized carbons (Fsp3) is 0.286. The van der Waals surface area contributed by atoms with E-state index in [1.54, 1.807) is 12.1 Å². The summed E-state index contributed by atoms with van der Waals surface area (Å²) in [5, 5.41) is 6.91. The first-order chi connectivity index (χ1) is 14.1. The third-order valence-electron chi connectivity index (χ3n) is 4.72. The number of halogens is 2. The number of ether oxygens (including phenoxy) is 2. The van der Waals surface area contributed by atoms with Gasteiger partial charge in [-0.05, 0) is 47.9 Å². The smallest absolute Gasteiger partial charge is 0.315 e. The van der Waals surface area contributed by atoms with Crippen molar-refractivity contribution in [3.63, 3.8) is 0 Å². The number of fused-ring (bicyclic) bond motifs is 2. The minimum atomic E-state index is -0.292. The van der Waals surface area contributed by atoms with Crippen molar-refractivity contribution < 1.29 is 18.7 Å². The highest BCUT2D eigenvalue weighted by atomic mass is 35.5. The van der Waals surface area contributed by atoms with E-state index in [0.717, 1.165) is 28.5 Å². The van der Waals surface area contributed by atoms with Crippen molar-refractivity contribution in [1.29, 1.82) is 0 Å². The largest absolute Gasteiger partial charge is 0.489 e. The highest BCUT2D eigenvalue weighted by Gasteiger charge is 2.16. The number of carbonyl (C=O) groups excluding carboxylic acids is 1. The van der Waals surface area contributed by atoms with Crippen molar-refractivity contribution in [1.82, 2.24) is 15.6 Å². The summed E-state index contributed by atoms with van der Waals surface area (Å²) in [4.78, 5) is 15.2. The molecule has 1 aliphatic heterocycles. The van der Waals surface area contributed by atoms with Crippen LogP contribution >= 0.6 is 11.6 Å². The van der Waals surface area contributed by atoms with E-state index in [0.29, 0.717) is 49.2 Å². The first-order valence-corrected chi connectivity index (χ1v) is 9.83. The number of amides is 2. The Morgan fingerprint density at radius 3 is 2.93 bits per heavy atom. The average Bonchev–Trinajstić information content (AvgIpc) is 2.93. The first kappa shape index (κ1) is 19.4. The molecular formula is C21H21ClFN3O3. The van der Waals surface area contributed by atoms with Gasteiger partial charge in [-0.1, -0.05) is 11.6 Å². The lowest BCUT2D eigenvalue weighted by atomic mass is 10.1. The predicted octanol–water partition coefficient (Wildman–Crippen LogP) is 4.16. The Bertz CT molecular complexity index is 1040. The summed E-state index contributed by atoms with van der Waals surface area (Å²) in [5.41, 5.74) is 2.65. The van der Waals surface area contributed by atoms with Gasteiger partial charge < -0.3 is 25.1 Å². The molecule has 1 aliphatic rings. The lowest BCUT2D eigenvalue weighted by molar-refractivity contribution is 0.240. The summed E-state index contributed by atoms with van der Waals surface area (Å²) in [7, 11) is 0. The Balaban J connectivity index is 1.29. The Morgan fingerprint density at radius 2 is 2.03 bits per heavy atom. The van der Waals surface area contributed by atoms with Crippen LogP contribution in [0.5, 0.6) is 11.5 Å². The molecule has 152 valence electrons. The van der Waals surface area contributed by atoms with Gasteiger partial charge in [0.25, 0.3) is 0 Å². The Kier molecular flexibility index (Phi) is 5.76. The second-order valence-electron chi connectivity index (χ2n) is 6.82. The van der Waals surface area contributed by atoms with E-state index in [-0.39, 0.29) is 11.8 Å². The van der Waals surface area contributed by atoms with E-state index in [1.807, 2.05) is 12.3 Å². The van der Waals surface area contributed by atoms with E-state index in [4.69, 9.17) is 21.1 Å². The maximum atomic E-state index is 13.4. The molecule has 6 nitrogen and oxygen atoms in total. The fourth-order valence-electron chi connectivity index (χ4n) is 3.30. The van der Waals surface area contributed by atoms with Gasteiger partial charge in [-0.2, -0.15) is 0 Å². The second-order valence-corrected chi connectivity index (χ2v) is 7.23. The lowest BCUT2D eigenvalue weighted by Gasteiger charge is -2.12. The third kappa shape index (κ3) is 4.56. The zero-order valence-electron chi connectivity index (χ0n) is 15.7. The number of urea groups is 1. The normalized spacial score (nSPS) is 13.2. The van der Waals surface area contributed by atoms with Crippen molar-refractivity contribution in [3.05, 3.63) is 58.5 Å². The van der Waals surface area contributed by atoms with Crippen LogP contribution in [0.25, 0.3) is 10.9 Å².